The Bertz CT molecular complexity index is 1010. The molecule has 0 atom stereocenters. The highest BCUT2D eigenvalue weighted by Gasteiger charge is 2.60. The highest BCUT2D eigenvalue weighted by Crippen LogP contribution is 2.64. The molecule has 0 bridgehead atoms. The van der Waals surface area contributed by atoms with Crippen LogP contribution in [0.15, 0.2) is 12.3 Å². The van der Waals surface area contributed by atoms with Gasteiger partial charge in [-0.3, -0.25) is 0 Å². The van der Waals surface area contributed by atoms with Gasteiger partial charge in [-0.2, -0.15) is 0 Å². The SMILES string of the molecule is CC(C)(C)OC(=O)N1CCC2(CC1)CC1(C2)OCc2cnc3[nH]c(C4CC4)cc3c21. The Labute approximate surface area is 177 Å². The van der Waals surface area contributed by atoms with Gasteiger partial charge in [0.05, 0.1) is 12.2 Å². The Balaban J connectivity index is 1.20. The molecule has 2 aliphatic heterocycles. The van der Waals surface area contributed by atoms with E-state index in [1.165, 1.54) is 35.0 Å². The number of pyridine rings is 1. The van der Waals surface area contributed by atoms with Crippen molar-refractivity contribution in [2.24, 2.45) is 5.41 Å². The van der Waals surface area contributed by atoms with Gasteiger partial charge in [-0.25, -0.2) is 9.78 Å². The molecule has 2 aromatic rings. The van der Waals surface area contributed by atoms with E-state index < -0.39 is 5.60 Å². The van der Waals surface area contributed by atoms with E-state index in [0.717, 1.165) is 44.4 Å². The summed E-state index contributed by atoms with van der Waals surface area (Å²) < 4.78 is 12.0. The van der Waals surface area contributed by atoms with Crippen LogP contribution >= 0.6 is 0 Å². The van der Waals surface area contributed by atoms with Crippen molar-refractivity contribution in [3.63, 3.8) is 0 Å². The molecule has 160 valence electrons. The maximum absolute atomic E-state index is 12.4. The zero-order valence-electron chi connectivity index (χ0n) is 18.2. The van der Waals surface area contributed by atoms with Crippen LogP contribution < -0.4 is 0 Å². The van der Waals surface area contributed by atoms with Gasteiger partial charge in [-0.15, -0.1) is 0 Å². The number of nitrogens with zero attached hydrogens (tertiary/aromatic N) is 2. The molecule has 1 N–H and O–H groups in total. The van der Waals surface area contributed by atoms with Crippen molar-refractivity contribution >= 4 is 17.1 Å². The number of hydrogen-bond donors (Lipinski definition) is 1. The molecule has 4 aliphatic rings. The van der Waals surface area contributed by atoms with Gasteiger partial charge in [0.15, 0.2) is 0 Å². The van der Waals surface area contributed by atoms with Crippen LogP contribution in [0.3, 0.4) is 0 Å². The lowest BCUT2D eigenvalue weighted by Gasteiger charge is -2.57. The van der Waals surface area contributed by atoms with E-state index in [1.54, 1.807) is 0 Å². The van der Waals surface area contributed by atoms with Crippen LogP contribution in [0.5, 0.6) is 0 Å². The minimum atomic E-state index is -0.441. The molecule has 6 nitrogen and oxygen atoms in total. The standard InChI is InChI=1S/C24H31N3O3/c1-22(2,3)30-21(28)27-8-6-23(7-9-27)13-24(14-23)19-16(12-29-24)11-25-20-17(19)10-18(26-20)15-4-5-15/h10-11,15H,4-9,12-14H2,1-3H3,(H,25,26). The van der Waals surface area contributed by atoms with Gasteiger partial charge in [0.25, 0.3) is 0 Å². The molecule has 30 heavy (non-hydrogen) atoms. The average Bonchev–Trinajstić information content (AvgIpc) is 3.31. The lowest BCUT2D eigenvalue weighted by atomic mass is 9.53. The van der Waals surface area contributed by atoms with Crippen molar-refractivity contribution in [1.29, 1.82) is 0 Å². The summed E-state index contributed by atoms with van der Waals surface area (Å²) in [6, 6.07) is 2.34. The fourth-order valence-corrected chi connectivity index (χ4v) is 5.97. The number of aromatic nitrogens is 2. The molecule has 2 aliphatic carbocycles. The molecular formula is C24H31N3O3. The van der Waals surface area contributed by atoms with Crippen molar-refractivity contribution < 1.29 is 14.3 Å². The van der Waals surface area contributed by atoms with Gasteiger partial charge in [-0.05, 0) is 76.7 Å². The Morgan fingerprint density at radius 1 is 1.27 bits per heavy atom. The number of carbonyl (C=O) groups is 1. The van der Waals surface area contributed by atoms with Gasteiger partial charge in [0.1, 0.15) is 11.2 Å². The maximum Gasteiger partial charge on any atom is 0.410 e. The number of rotatable bonds is 1. The highest BCUT2D eigenvalue weighted by molar-refractivity contribution is 5.83. The second-order valence-corrected chi connectivity index (χ2v) is 11.0. The second-order valence-electron chi connectivity index (χ2n) is 11.0. The molecule has 6 rings (SSSR count). The van der Waals surface area contributed by atoms with Crippen LogP contribution in [0.1, 0.15) is 82.0 Å². The summed E-state index contributed by atoms with van der Waals surface area (Å²) in [4.78, 5) is 22.5. The topological polar surface area (TPSA) is 67.4 Å². The van der Waals surface area contributed by atoms with Crippen molar-refractivity contribution in [3.05, 3.63) is 29.1 Å². The first-order valence-corrected chi connectivity index (χ1v) is 11.4. The van der Waals surface area contributed by atoms with Crippen LogP contribution in [-0.4, -0.2) is 39.7 Å². The smallest absolute Gasteiger partial charge is 0.410 e. The predicted molar refractivity (Wildman–Crippen MR) is 113 cm³/mol. The van der Waals surface area contributed by atoms with E-state index in [-0.39, 0.29) is 17.1 Å². The summed E-state index contributed by atoms with van der Waals surface area (Å²) in [5.74, 6) is 0.693. The first-order valence-electron chi connectivity index (χ1n) is 11.4. The van der Waals surface area contributed by atoms with Gasteiger partial charge >= 0.3 is 6.09 Å². The number of carbonyl (C=O) groups excluding carboxylic acids is 1. The molecule has 0 radical (unpaired) electrons. The maximum atomic E-state index is 12.4. The number of hydrogen-bond acceptors (Lipinski definition) is 4. The number of amides is 1. The number of ether oxygens (including phenoxy) is 2. The van der Waals surface area contributed by atoms with E-state index in [9.17, 15) is 4.79 Å². The Morgan fingerprint density at radius 2 is 2.00 bits per heavy atom. The number of likely N-dealkylation sites (tertiary alicyclic amines) is 1. The molecule has 3 fully saturated rings. The summed E-state index contributed by atoms with van der Waals surface area (Å²) in [5.41, 5.74) is 4.68. The van der Waals surface area contributed by atoms with E-state index >= 15 is 0 Å². The van der Waals surface area contributed by atoms with Crippen LogP contribution in [0, 0.1) is 5.41 Å². The highest BCUT2D eigenvalue weighted by atomic mass is 16.6. The number of nitrogens with one attached hydrogen (secondary N) is 1. The molecule has 6 heteroatoms. The van der Waals surface area contributed by atoms with Crippen molar-refractivity contribution in [1.82, 2.24) is 14.9 Å². The second kappa shape index (κ2) is 6.00. The van der Waals surface area contributed by atoms with Gasteiger partial charge in [0, 0.05) is 41.5 Å². The third-order valence-electron chi connectivity index (χ3n) is 7.53. The molecule has 1 amide bonds. The van der Waals surface area contributed by atoms with Gasteiger partial charge in [-0.1, -0.05) is 0 Å². The summed E-state index contributed by atoms with van der Waals surface area (Å²) >= 11 is 0. The van der Waals surface area contributed by atoms with Crippen LogP contribution in [0.25, 0.3) is 11.0 Å². The van der Waals surface area contributed by atoms with Crippen LogP contribution in [-0.2, 0) is 21.7 Å². The zero-order chi connectivity index (χ0) is 20.7. The zero-order valence-corrected chi connectivity index (χ0v) is 18.2. The molecule has 2 saturated carbocycles. The Hall–Kier alpha value is -2.08. The van der Waals surface area contributed by atoms with Crippen LogP contribution in [0.4, 0.5) is 4.79 Å². The molecule has 0 aromatic carbocycles. The third-order valence-corrected chi connectivity index (χ3v) is 7.53. The van der Waals surface area contributed by atoms with Crippen LogP contribution in [0.2, 0.25) is 0 Å². The number of piperidine rings is 1. The number of aromatic amines is 1. The normalized spacial score (nSPS) is 24.3. The van der Waals surface area contributed by atoms with Crippen molar-refractivity contribution in [2.45, 2.75) is 83.0 Å². The lowest BCUT2D eigenvalue weighted by Crippen LogP contribution is -2.55. The van der Waals surface area contributed by atoms with E-state index in [1.807, 2.05) is 31.9 Å². The first-order chi connectivity index (χ1) is 14.3. The largest absolute Gasteiger partial charge is 0.444 e. The number of H-pyrrole nitrogens is 1. The number of fused-ring (bicyclic) bond motifs is 4. The third kappa shape index (κ3) is 2.87. The first kappa shape index (κ1) is 18.7. The monoisotopic (exact) mass is 409 g/mol. The fourth-order valence-electron chi connectivity index (χ4n) is 5.97. The Kier molecular flexibility index (Phi) is 3.73. The van der Waals surface area contributed by atoms with Crippen molar-refractivity contribution in [3.8, 4) is 0 Å². The summed E-state index contributed by atoms with van der Waals surface area (Å²) in [7, 11) is 0. The average molecular weight is 410 g/mol. The summed E-state index contributed by atoms with van der Waals surface area (Å²) in [6.45, 7) is 7.99. The molecule has 2 spiro atoms. The van der Waals surface area contributed by atoms with E-state index in [4.69, 9.17) is 9.47 Å². The lowest BCUT2D eigenvalue weighted by molar-refractivity contribution is -0.181. The molecule has 0 unspecified atom stereocenters. The quantitative estimate of drug-likeness (QED) is 0.721. The van der Waals surface area contributed by atoms with E-state index in [2.05, 4.69) is 16.0 Å². The summed E-state index contributed by atoms with van der Waals surface area (Å²) in [6.07, 6.45) is 8.57. The van der Waals surface area contributed by atoms with E-state index in [0.29, 0.717) is 12.5 Å². The van der Waals surface area contributed by atoms with Crippen molar-refractivity contribution in [2.75, 3.05) is 13.1 Å². The molecule has 2 aromatic heterocycles. The van der Waals surface area contributed by atoms with Gasteiger partial charge in [0.2, 0.25) is 0 Å². The minimum absolute atomic E-state index is 0.159. The summed E-state index contributed by atoms with van der Waals surface area (Å²) in [5, 5.41) is 1.27. The minimum Gasteiger partial charge on any atom is -0.444 e. The molecule has 4 heterocycles. The predicted octanol–water partition coefficient (Wildman–Crippen LogP) is 4.98. The molecular weight excluding hydrogens is 378 g/mol. The fraction of sp³-hybridized carbons (Fsp3) is 0.667. The molecule has 1 saturated heterocycles. The van der Waals surface area contributed by atoms with Gasteiger partial charge < -0.3 is 19.4 Å². The Morgan fingerprint density at radius 3 is 2.67 bits per heavy atom.